The molecule has 6 heteroatoms. The maximum absolute atomic E-state index is 12.5. The van der Waals surface area contributed by atoms with Gasteiger partial charge in [-0.2, -0.15) is 11.3 Å². The van der Waals surface area contributed by atoms with E-state index < -0.39 is 0 Å². The number of thiophene rings is 1. The van der Waals surface area contributed by atoms with Crippen LogP contribution in [0.2, 0.25) is 0 Å². The van der Waals surface area contributed by atoms with E-state index in [9.17, 15) is 9.90 Å². The van der Waals surface area contributed by atoms with Crippen LogP contribution in [-0.2, 0) is 11.3 Å². The molecule has 1 aromatic heterocycles. The molecule has 2 aliphatic heterocycles. The first-order valence-corrected chi connectivity index (χ1v) is 8.93. The van der Waals surface area contributed by atoms with Gasteiger partial charge < -0.3 is 20.1 Å². The van der Waals surface area contributed by atoms with Crippen molar-refractivity contribution in [3.63, 3.8) is 0 Å². The molecular formula is C16H24N2O3S. The van der Waals surface area contributed by atoms with Crippen LogP contribution in [0.5, 0.6) is 0 Å². The lowest BCUT2D eigenvalue weighted by Gasteiger charge is -2.36. The van der Waals surface area contributed by atoms with Gasteiger partial charge in [0, 0.05) is 31.7 Å². The fourth-order valence-electron chi connectivity index (χ4n) is 3.45. The van der Waals surface area contributed by atoms with E-state index in [1.807, 2.05) is 4.90 Å². The average molecular weight is 324 g/mol. The minimum absolute atomic E-state index is 0.0223. The molecule has 22 heavy (non-hydrogen) atoms. The number of ether oxygens (including phenoxy) is 1. The van der Waals surface area contributed by atoms with Gasteiger partial charge in [0.05, 0.1) is 12.7 Å². The minimum Gasteiger partial charge on any atom is -0.393 e. The van der Waals surface area contributed by atoms with Gasteiger partial charge in [0.15, 0.2) is 0 Å². The summed E-state index contributed by atoms with van der Waals surface area (Å²) >= 11 is 1.66. The van der Waals surface area contributed by atoms with Crippen LogP contribution in [0.15, 0.2) is 10.8 Å². The van der Waals surface area contributed by atoms with Gasteiger partial charge in [-0.3, -0.25) is 0 Å². The second kappa shape index (κ2) is 6.98. The summed E-state index contributed by atoms with van der Waals surface area (Å²) in [4.78, 5) is 14.4. The maximum Gasteiger partial charge on any atom is 0.317 e. The zero-order chi connectivity index (χ0) is 15.5. The Morgan fingerprint density at radius 1 is 1.50 bits per heavy atom. The fraction of sp³-hybridized carbons (Fsp3) is 0.688. The first kappa shape index (κ1) is 15.8. The Kier molecular flexibility index (Phi) is 5.00. The summed E-state index contributed by atoms with van der Waals surface area (Å²) < 4.78 is 5.51. The van der Waals surface area contributed by atoms with Crippen molar-refractivity contribution in [3.05, 3.63) is 21.9 Å². The summed E-state index contributed by atoms with van der Waals surface area (Å²) in [6.45, 7) is 4.57. The number of carbonyl (C=O) groups is 1. The molecule has 3 atom stereocenters. The predicted molar refractivity (Wildman–Crippen MR) is 86.0 cm³/mol. The first-order chi connectivity index (χ1) is 10.7. The summed E-state index contributed by atoms with van der Waals surface area (Å²) in [5, 5.41) is 17.4. The number of aliphatic hydroxyl groups is 1. The fourth-order valence-corrected chi connectivity index (χ4v) is 4.30. The Bertz CT molecular complexity index is 519. The lowest BCUT2D eigenvalue weighted by atomic mass is 9.89. The van der Waals surface area contributed by atoms with Crippen molar-refractivity contribution in [2.75, 3.05) is 19.8 Å². The van der Waals surface area contributed by atoms with Gasteiger partial charge in [-0.15, -0.1) is 0 Å². The van der Waals surface area contributed by atoms with E-state index in [0.29, 0.717) is 26.2 Å². The highest BCUT2D eigenvalue weighted by atomic mass is 32.1. The molecule has 2 saturated heterocycles. The van der Waals surface area contributed by atoms with Crippen molar-refractivity contribution >= 4 is 17.4 Å². The number of hydrogen-bond donors (Lipinski definition) is 2. The monoisotopic (exact) mass is 324 g/mol. The van der Waals surface area contributed by atoms with Gasteiger partial charge in [-0.1, -0.05) is 0 Å². The smallest absolute Gasteiger partial charge is 0.317 e. The molecule has 0 unspecified atom stereocenters. The summed E-state index contributed by atoms with van der Waals surface area (Å²) in [7, 11) is 0. The molecule has 2 amide bonds. The van der Waals surface area contributed by atoms with Crippen LogP contribution in [0.25, 0.3) is 0 Å². The molecule has 0 aliphatic carbocycles. The standard InChI is InChI=1S/C16H24N2O3S/c1-11-9-22-10-12(11)7-17-16(20)18-5-2-3-14(18)13-8-21-6-4-15(13)19/h9-10,13-15,19H,2-8H2,1H3,(H,17,20)/t13-,14+,15+/m0/s1. The van der Waals surface area contributed by atoms with Crippen molar-refractivity contribution in [1.29, 1.82) is 0 Å². The van der Waals surface area contributed by atoms with Gasteiger partial charge in [0.2, 0.25) is 0 Å². The maximum atomic E-state index is 12.5. The van der Waals surface area contributed by atoms with Gasteiger partial charge in [0.1, 0.15) is 0 Å². The molecule has 2 fully saturated rings. The summed E-state index contributed by atoms with van der Waals surface area (Å²) in [5.74, 6) is 0.0462. The van der Waals surface area contributed by atoms with Crippen molar-refractivity contribution in [1.82, 2.24) is 10.2 Å². The molecule has 3 heterocycles. The van der Waals surface area contributed by atoms with Gasteiger partial charge in [-0.25, -0.2) is 4.79 Å². The summed E-state index contributed by atoms with van der Waals surface area (Å²) in [6, 6.07) is 0.0738. The second-order valence-electron chi connectivity index (χ2n) is 6.24. The van der Waals surface area contributed by atoms with Crippen LogP contribution < -0.4 is 5.32 Å². The molecule has 0 spiro atoms. The SMILES string of the molecule is Cc1cscc1CNC(=O)N1CCC[C@@H]1[C@@H]1COCC[C@H]1O. The predicted octanol–water partition coefficient (Wildman–Crippen LogP) is 2.13. The van der Waals surface area contributed by atoms with Crippen LogP contribution in [0, 0.1) is 12.8 Å². The molecule has 2 aliphatic rings. The van der Waals surface area contributed by atoms with Crippen LogP contribution in [0.4, 0.5) is 4.79 Å². The number of likely N-dealkylation sites (tertiary alicyclic amines) is 1. The van der Waals surface area contributed by atoms with Crippen LogP contribution in [-0.4, -0.2) is 47.9 Å². The molecule has 5 nitrogen and oxygen atoms in total. The highest BCUT2D eigenvalue weighted by Gasteiger charge is 2.39. The number of nitrogens with one attached hydrogen (secondary N) is 1. The van der Waals surface area contributed by atoms with Gasteiger partial charge in [0.25, 0.3) is 0 Å². The van der Waals surface area contributed by atoms with Gasteiger partial charge >= 0.3 is 6.03 Å². The van der Waals surface area contributed by atoms with Crippen LogP contribution >= 0.6 is 11.3 Å². The van der Waals surface area contributed by atoms with Crippen molar-refractivity contribution < 1.29 is 14.6 Å². The van der Waals surface area contributed by atoms with E-state index in [1.165, 1.54) is 11.1 Å². The molecular weight excluding hydrogens is 300 g/mol. The van der Waals surface area contributed by atoms with E-state index in [-0.39, 0.29) is 24.1 Å². The summed E-state index contributed by atoms with van der Waals surface area (Å²) in [6.07, 6.45) is 2.27. The van der Waals surface area contributed by atoms with Crippen LogP contribution in [0.3, 0.4) is 0 Å². The van der Waals surface area contributed by atoms with E-state index in [4.69, 9.17) is 4.74 Å². The molecule has 2 N–H and O–H groups in total. The zero-order valence-corrected chi connectivity index (χ0v) is 13.8. The molecule has 3 rings (SSSR count). The Labute approximate surface area is 135 Å². The number of aliphatic hydroxyl groups excluding tert-OH is 1. The van der Waals surface area contributed by atoms with Crippen molar-refractivity contribution in [2.45, 2.75) is 44.9 Å². The number of nitrogens with zero attached hydrogens (tertiary/aromatic N) is 1. The lowest BCUT2D eigenvalue weighted by molar-refractivity contribution is -0.0576. The number of urea groups is 1. The number of aryl methyl sites for hydroxylation is 1. The van der Waals surface area contributed by atoms with Crippen molar-refractivity contribution in [2.24, 2.45) is 5.92 Å². The first-order valence-electron chi connectivity index (χ1n) is 7.98. The molecule has 1 aromatic rings. The highest BCUT2D eigenvalue weighted by molar-refractivity contribution is 7.08. The third-order valence-corrected chi connectivity index (χ3v) is 5.72. The quantitative estimate of drug-likeness (QED) is 0.895. The normalized spacial score (nSPS) is 28.8. The summed E-state index contributed by atoms with van der Waals surface area (Å²) in [5.41, 5.74) is 2.40. The second-order valence-corrected chi connectivity index (χ2v) is 6.98. The number of amides is 2. The Hall–Kier alpha value is -1.11. The number of hydrogen-bond acceptors (Lipinski definition) is 4. The zero-order valence-electron chi connectivity index (χ0n) is 13.0. The third kappa shape index (κ3) is 3.29. The van der Waals surface area contributed by atoms with E-state index in [0.717, 1.165) is 19.4 Å². The molecule has 0 bridgehead atoms. The Morgan fingerprint density at radius 2 is 2.36 bits per heavy atom. The molecule has 0 radical (unpaired) electrons. The van der Waals surface area contributed by atoms with Crippen molar-refractivity contribution in [3.8, 4) is 0 Å². The van der Waals surface area contributed by atoms with Crippen LogP contribution in [0.1, 0.15) is 30.4 Å². The molecule has 122 valence electrons. The van der Waals surface area contributed by atoms with Gasteiger partial charge in [-0.05, 0) is 48.1 Å². The van der Waals surface area contributed by atoms with E-state index >= 15 is 0 Å². The molecule has 0 aromatic carbocycles. The van der Waals surface area contributed by atoms with E-state index in [2.05, 4.69) is 23.0 Å². The van der Waals surface area contributed by atoms with E-state index in [1.54, 1.807) is 11.3 Å². The minimum atomic E-state index is -0.355. The Morgan fingerprint density at radius 3 is 3.09 bits per heavy atom. The Balaban J connectivity index is 1.60. The average Bonchev–Trinajstić information content (AvgIpc) is 3.14. The number of carbonyl (C=O) groups excluding carboxylic acids is 1. The largest absolute Gasteiger partial charge is 0.393 e. The lowest BCUT2D eigenvalue weighted by Crippen LogP contribution is -2.50. The molecule has 0 saturated carbocycles. The topological polar surface area (TPSA) is 61.8 Å². The number of rotatable bonds is 3. The third-order valence-electron chi connectivity index (χ3n) is 4.81. The highest BCUT2D eigenvalue weighted by Crippen LogP contribution is 2.29.